The summed E-state index contributed by atoms with van der Waals surface area (Å²) in [6.45, 7) is 5.35. The van der Waals surface area contributed by atoms with Crippen LogP contribution in [0.15, 0.2) is 18.2 Å². The molecule has 2 amide bonds. The number of hydrogen-bond donors (Lipinski definition) is 2. The Morgan fingerprint density at radius 3 is 2.45 bits per heavy atom. The van der Waals surface area contributed by atoms with Crippen molar-refractivity contribution in [3.63, 3.8) is 0 Å². The molecule has 6 heteroatoms. The number of carbonyl (C=O) groups excluding carboxylic acids is 1. The van der Waals surface area contributed by atoms with Gasteiger partial charge in [-0.25, -0.2) is 14.0 Å². The Hall–Kier alpha value is -2.11. The van der Waals surface area contributed by atoms with Gasteiger partial charge in [-0.1, -0.05) is 19.9 Å². The van der Waals surface area contributed by atoms with E-state index in [0.717, 1.165) is 6.07 Å². The van der Waals surface area contributed by atoms with Crippen molar-refractivity contribution in [2.45, 2.75) is 13.8 Å². The number of nitrogens with zero attached hydrogens (tertiary/aromatic N) is 1. The number of carbonyl (C=O) groups is 2. The van der Waals surface area contributed by atoms with Gasteiger partial charge in [-0.15, -0.1) is 0 Å². The number of halogens is 1. The van der Waals surface area contributed by atoms with E-state index in [4.69, 9.17) is 5.11 Å². The van der Waals surface area contributed by atoms with E-state index in [1.807, 2.05) is 0 Å². The summed E-state index contributed by atoms with van der Waals surface area (Å²) in [4.78, 5) is 24.8. The molecule has 20 heavy (non-hydrogen) atoms. The van der Waals surface area contributed by atoms with Crippen LogP contribution in [-0.2, 0) is 0 Å². The van der Waals surface area contributed by atoms with E-state index in [1.165, 1.54) is 12.1 Å². The first-order valence-corrected chi connectivity index (χ1v) is 6.48. The number of anilines is 1. The topological polar surface area (TPSA) is 69.6 Å². The van der Waals surface area contributed by atoms with Crippen molar-refractivity contribution in [3.05, 3.63) is 29.6 Å². The lowest BCUT2D eigenvalue weighted by molar-refractivity contribution is 0.0693. The molecule has 5 nitrogen and oxygen atoms in total. The second kappa shape index (κ2) is 5.48. The fraction of sp³-hybridized carbons (Fsp3) is 0.429. The van der Waals surface area contributed by atoms with Gasteiger partial charge in [0.2, 0.25) is 0 Å². The zero-order valence-electron chi connectivity index (χ0n) is 11.4. The number of carboxylic acid groups (broad SMARTS) is 1. The monoisotopic (exact) mass is 280 g/mol. The largest absolute Gasteiger partial charge is 0.478 e. The lowest BCUT2D eigenvalue weighted by atomic mass is 10.0. The zero-order valence-corrected chi connectivity index (χ0v) is 11.4. The first kappa shape index (κ1) is 14.3. The molecule has 0 aliphatic carbocycles. The van der Waals surface area contributed by atoms with Crippen LogP contribution in [0.1, 0.15) is 24.2 Å². The van der Waals surface area contributed by atoms with Gasteiger partial charge >= 0.3 is 12.0 Å². The normalized spacial score (nSPS) is 21.9. The summed E-state index contributed by atoms with van der Waals surface area (Å²) in [5.41, 5.74) is -0.532. The van der Waals surface area contributed by atoms with E-state index in [0.29, 0.717) is 24.9 Å². The SMILES string of the molecule is CC1CN(C(=O)Nc2cccc(F)c2C(=O)O)CC1C. The van der Waals surface area contributed by atoms with Gasteiger partial charge in [0.25, 0.3) is 0 Å². The van der Waals surface area contributed by atoms with Crippen LogP contribution in [0.4, 0.5) is 14.9 Å². The second-order valence-electron chi connectivity index (χ2n) is 5.26. The molecule has 0 spiro atoms. The highest BCUT2D eigenvalue weighted by Gasteiger charge is 2.30. The van der Waals surface area contributed by atoms with Crippen molar-refractivity contribution in [1.29, 1.82) is 0 Å². The number of carboxylic acids is 1. The van der Waals surface area contributed by atoms with Crippen molar-refractivity contribution in [2.75, 3.05) is 18.4 Å². The second-order valence-corrected chi connectivity index (χ2v) is 5.26. The maximum Gasteiger partial charge on any atom is 0.340 e. The molecule has 0 radical (unpaired) electrons. The highest BCUT2D eigenvalue weighted by molar-refractivity contribution is 6.00. The predicted molar refractivity (Wildman–Crippen MR) is 72.3 cm³/mol. The Morgan fingerprint density at radius 1 is 1.30 bits per heavy atom. The lowest BCUT2D eigenvalue weighted by Crippen LogP contribution is -2.33. The minimum absolute atomic E-state index is 0.0188. The van der Waals surface area contributed by atoms with Gasteiger partial charge < -0.3 is 15.3 Å². The van der Waals surface area contributed by atoms with Crippen molar-refractivity contribution < 1.29 is 19.1 Å². The quantitative estimate of drug-likeness (QED) is 0.875. The average molecular weight is 280 g/mol. The molecule has 2 N–H and O–H groups in total. The van der Waals surface area contributed by atoms with Gasteiger partial charge in [-0.05, 0) is 24.0 Å². The maximum atomic E-state index is 13.5. The van der Waals surface area contributed by atoms with E-state index in [9.17, 15) is 14.0 Å². The molecule has 0 aromatic heterocycles. The molecule has 2 rings (SSSR count). The molecule has 2 unspecified atom stereocenters. The fourth-order valence-corrected chi connectivity index (χ4v) is 2.34. The van der Waals surface area contributed by atoms with E-state index >= 15 is 0 Å². The summed E-state index contributed by atoms with van der Waals surface area (Å²) in [6.07, 6.45) is 0. The lowest BCUT2D eigenvalue weighted by Gasteiger charge is -2.18. The molecule has 2 atom stereocenters. The molecule has 108 valence electrons. The minimum atomic E-state index is -1.40. The summed E-state index contributed by atoms with van der Waals surface area (Å²) in [5.74, 6) is -1.47. The molecule has 0 saturated carbocycles. The van der Waals surface area contributed by atoms with Crippen LogP contribution in [0.2, 0.25) is 0 Å². The summed E-state index contributed by atoms with van der Waals surface area (Å²) >= 11 is 0. The smallest absolute Gasteiger partial charge is 0.340 e. The maximum absolute atomic E-state index is 13.5. The van der Waals surface area contributed by atoms with Crippen molar-refractivity contribution in [3.8, 4) is 0 Å². The van der Waals surface area contributed by atoms with E-state index in [2.05, 4.69) is 19.2 Å². The minimum Gasteiger partial charge on any atom is -0.478 e. The number of benzene rings is 1. The van der Waals surface area contributed by atoms with Crippen molar-refractivity contribution in [2.24, 2.45) is 11.8 Å². The summed E-state index contributed by atoms with van der Waals surface area (Å²) in [5, 5.41) is 11.5. The molecule has 1 aromatic carbocycles. The number of amides is 2. The molecule has 0 bridgehead atoms. The summed E-state index contributed by atoms with van der Waals surface area (Å²) in [7, 11) is 0. The van der Waals surface area contributed by atoms with Crippen LogP contribution >= 0.6 is 0 Å². The third-order valence-electron chi connectivity index (χ3n) is 3.74. The van der Waals surface area contributed by atoms with Gasteiger partial charge in [0.1, 0.15) is 11.4 Å². The Labute approximate surface area is 116 Å². The van der Waals surface area contributed by atoms with Crippen LogP contribution in [-0.4, -0.2) is 35.1 Å². The molecule has 1 aliphatic heterocycles. The zero-order chi connectivity index (χ0) is 14.9. The van der Waals surface area contributed by atoms with Gasteiger partial charge in [0.15, 0.2) is 0 Å². The van der Waals surface area contributed by atoms with Crippen LogP contribution in [0.25, 0.3) is 0 Å². The molecule has 1 saturated heterocycles. The van der Waals surface area contributed by atoms with Crippen LogP contribution in [0.5, 0.6) is 0 Å². The number of urea groups is 1. The molecule has 1 aliphatic rings. The van der Waals surface area contributed by atoms with Crippen LogP contribution in [0, 0.1) is 17.7 Å². The number of rotatable bonds is 2. The number of aromatic carboxylic acids is 1. The number of hydrogen-bond acceptors (Lipinski definition) is 2. The summed E-state index contributed by atoms with van der Waals surface area (Å²) in [6, 6.07) is 3.41. The van der Waals surface area contributed by atoms with E-state index < -0.39 is 23.4 Å². The average Bonchev–Trinajstić information content (AvgIpc) is 2.69. The van der Waals surface area contributed by atoms with E-state index in [-0.39, 0.29) is 5.69 Å². The first-order chi connectivity index (χ1) is 9.40. The third-order valence-corrected chi connectivity index (χ3v) is 3.74. The molecule has 1 fully saturated rings. The van der Waals surface area contributed by atoms with Gasteiger partial charge in [0.05, 0.1) is 5.69 Å². The number of nitrogens with one attached hydrogen (secondary N) is 1. The van der Waals surface area contributed by atoms with Gasteiger partial charge in [-0.2, -0.15) is 0 Å². The highest BCUT2D eigenvalue weighted by atomic mass is 19.1. The van der Waals surface area contributed by atoms with Crippen molar-refractivity contribution >= 4 is 17.7 Å². The Balaban J connectivity index is 2.17. The van der Waals surface area contributed by atoms with Crippen molar-refractivity contribution in [1.82, 2.24) is 4.90 Å². The molecule has 1 aromatic rings. The standard InChI is InChI=1S/C14H17FN2O3/c1-8-6-17(7-9(8)2)14(20)16-11-5-3-4-10(15)12(11)13(18)19/h3-5,8-9H,6-7H2,1-2H3,(H,16,20)(H,18,19). The third kappa shape index (κ3) is 2.74. The molecule has 1 heterocycles. The Kier molecular flexibility index (Phi) is 3.92. The fourth-order valence-electron chi connectivity index (χ4n) is 2.34. The summed E-state index contributed by atoms with van der Waals surface area (Å²) < 4.78 is 13.5. The van der Waals surface area contributed by atoms with Crippen LogP contribution < -0.4 is 5.32 Å². The highest BCUT2D eigenvalue weighted by Crippen LogP contribution is 2.24. The van der Waals surface area contributed by atoms with Crippen LogP contribution in [0.3, 0.4) is 0 Å². The van der Waals surface area contributed by atoms with Gasteiger partial charge in [-0.3, -0.25) is 0 Å². The predicted octanol–water partition coefficient (Wildman–Crippen LogP) is 2.64. The van der Waals surface area contributed by atoms with E-state index in [1.54, 1.807) is 4.90 Å². The Bertz CT molecular complexity index is 537. The first-order valence-electron chi connectivity index (χ1n) is 6.48. The number of likely N-dealkylation sites (tertiary alicyclic amines) is 1. The van der Waals surface area contributed by atoms with Gasteiger partial charge in [0, 0.05) is 13.1 Å². The molecular weight excluding hydrogens is 263 g/mol. The molecular formula is C14H17FN2O3. The Morgan fingerprint density at radius 2 is 1.90 bits per heavy atom.